The second-order valence-corrected chi connectivity index (χ2v) is 4.91. The molecule has 2 rings (SSSR count). The molecular formula is C16H18O4. The molecule has 0 radical (unpaired) electrons. The zero-order chi connectivity index (χ0) is 14.8. The summed E-state index contributed by atoms with van der Waals surface area (Å²) in [6.45, 7) is 1.94. The smallest absolute Gasteiger partial charge is 0.327 e. The molecule has 4 nitrogen and oxygen atoms in total. The third-order valence-electron chi connectivity index (χ3n) is 3.86. The topological polar surface area (TPSA) is 52.6 Å². The number of esters is 2. The van der Waals surface area contributed by atoms with Crippen LogP contribution in [0, 0.1) is 5.41 Å². The molecule has 0 amide bonds. The molecule has 0 saturated carbocycles. The third kappa shape index (κ3) is 2.01. The summed E-state index contributed by atoms with van der Waals surface area (Å²) in [6.07, 6.45) is 1.07. The molecule has 20 heavy (non-hydrogen) atoms. The Hall–Kier alpha value is -2.10. The van der Waals surface area contributed by atoms with Crippen LogP contribution in [0.2, 0.25) is 0 Å². The second-order valence-electron chi connectivity index (χ2n) is 4.91. The largest absolute Gasteiger partial charge is 0.468 e. The van der Waals surface area contributed by atoms with Gasteiger partial charge in [-0.1, -0.05) is 35.9 Å². The van der Waals surface area contributed by atoms with Gasteiger partial charge in [-0.15, -0.1) is 0 Å². The molecule has 0 atom stereocenters. The van der Waals surface area contributed by atoms with Gasteiger partial charge in [0.05, 0.1) is 14.2 Å². The second kappa shape index (κ2) is 5.49. The van der Waals surface area contributed by atoms with Crippen molar-refractivity contribution < 1.29 is 19.1 Å². The molecule has 0 aliphatic heterocycles. The zero-order valence-electron chi connectivity index (χ0n) is 11.9. The molecule has 0 spiro atoms. The van der Waals surface area contributed by atoms with Crippen molar-refractivity contribution in [2.75, 3.05) is 14.2 Å². The number of hydrogen-bond acceptors (Lipinski definition) is 4. The number of carbonyl (C=O) groups is 2. The molecule has 1 aliphatic rings. The Morgan fingerprint density at radius 3 is 2.10 bits per heavy atom. The van der Waals surface area contributed by atoms with Crippen molar-refractivity contribution in [3.05, 3.63) is 41.5 Å². The minimum atomic E-state index is -1.34. The van der Waals surface area contributed by atoms with Gasteiger partial charge in [-0.3, -0.25) is 9.59 Å². The van der Waals surface area contributed by atoms with Crippen LogP contribution in [-0.4, -0.2) is 26.2 Å². The van der Waals surface area contributed by atoms with E-state index in [0.717, 1.165) is 16.7 Å². The van der Waals surface area contributed by atoms with Crippen molar-refractivity contribution in [3.8, 4) is 0 Å². The van der Waals surface area contributed by atoms with E-state index in [4.69, 9.17) is 9.47 Å². The lowest BCUT2D eigenvalue weighted by Crippen LogP contribution is -2.40. The first-order chi connectivity index (χ1) is 9.57. The van der Waals surface area contributed by atoms with Crippen LogP contribution >= 0.6 is 0 Å². The summed E-state index contributed by atoms with van der Waals surface area (Å²) < 4.78 is 9.77. The van der Waals surface area contributed by atoms with E-state index in [1.54, 1.807) is 0 Å². The molecule has 1 aromatic carbocycles. The average molecular weight is 274 g/mol. The fourth-order valence-corrected chi connectivity index (χ4v) is 2.93. The van der Waals surface area contributed by atoms with Crippen molar-refractivity contribution in [2.45, 2.75) is 19.8 Å². The third-order valence-corrected chi connectivity index (χ3v) is 3.86. The minimum absolute atomic E-state index is 0.391. The van der Waals surface area contributed by atoms with E-state index in [0.29, 0.717) is 12.8 Å². The van der Waals surface area contributed by atoms with Crippen molar-refractivity contribution in [2.24, 2.45) is 5.41 Å². The van der Waals surface area contributed by atoms with Crippen LogP contribution in [0.15, 0.2) is 35.9 Å². The maximum absolute atomic E-state index is 12.3. The van der Waals surface area contributed by atoms with Crippen LogP contribution in [0.5, 0.6) is 0 Å². The Bertz CT molecular complexity index is 541. The molecule has 1 aliphatic carbocycles. The maximum atomic E-state index is 12.3. The van der Waals surface area contributed by atoms with Gasteiger partial charge in [0.25, 0.3) is 0 Å². The summed E-state index contributed by atoms with van der Waals surface area (Å²) >= 11 is 0. The van der Waals surface area contributed by atoms with E-state index < -0.39 is 17.4 Å². The van der Waals surface area contributed by atoms with Gasteiger partial charge in [-0.25, -0.2) is 0 Å². The molecule has 0 N–H and O–H groups in total. The van der Waals surface area contributed by atoms with Crippen molar-refractivity contribution >= 4 is 17.5 Å². The first-order valence-corrected chi connectivity index (χ1v) is 6.50. The van der Waals surface area contributed by atoms with E-state index in [1.165, 1.54) is 14.2 Å². The normalized spacial score (nSPS) is 16.9. The molecular weight excluding hydrogens is 256 g/mol. The van der Waals surface area contributed by atoms with Crippen LogP contribution in [-0.2, 0) is 19.1 Å². The number of hydrogen-bond donors (Lipinski definition) is 0. The van der Waals surface area contributed by atoms with E-state index in [2.05, 4.69) is 0 Å². The highest BCUT2D eigenvalue weighted by molar-refractivity contribution is 6.13. The van der Waals surface area contributed by atoms with Crippen LogP contribution in [0.4, 0.5) is 0 Å². The lowest BCUT2D eigenvalue weighted by atomic mass is 9.77. The van der Waals surface area contributed by atoms with E-state index >= 15 is 0 Å². The van der Waals surface area contributed by atoms with Crippen molar-refractivity contribution in [1.29, 1.82) is 0 Å². The maximum Gasteiger partial charge on any atom is 0.327 e. The first-order valence-electron chi connectivity index (χ1n) is 6.50. The summed E-state index contributed by atoms with van der Waals surface area (Å²) in [7, 11) is 2.59. The SMILES string of the molecule is COC(=O)C1(C(=O)OC)CCC(C)=C1c1ccccc1. The number of benzene rings is 1. The van der Waals surface area contributed by atoms with E-state index in [1.807, 2.05) is 37.3 Å². The van der Waals surface area contributed by atoms with Crippen molar-refractivity contribution in [3.63, 3.8) is 0 Å². The predicted molar refractivity (Wildman–Crippen MR) is 74.7 cm³/mol. The Kier molecular flexibility index (Phi) is 3.93. The van der Waals surface area contributed by atoms with Gasteiger partial charge in [0.1, 0.15) is 0 Å². The van der Waals surface area contributed by atoms with Gasteiger partial charge >= 0.3 is 11.9 Å². The number of carbonyl (C=O) groups excluding carboxylic acids is 2. The van der Waals surface area contributed by atoms with Crippen LogP contribution in [0.25, 0.3) is 5.57 Å². The van der Waals surface area contributed by atoms with Gasteiger partial charge < -0.3 is 9.47 Å². The Morgan fingerprint density at radius 1 is 1.05 bits per heavy atom. The zero-order valence-corrected chi connectivity index (χ0v) is 11.9. The van der Waals surface area contributed by atoms with Gasteiger partial charge in [-0.05, 0) is 30.9 Å². The molecule has 0 fully saturated rings. The fourth-order valence-electron chi connectivity index (χ4n) is 2.93. The highest BCUT2D eigenvalue weighted by Gasteiger charge is 2.55. The Morgan fingerprint density at radius 2 is 1.60 bits per heavy atom. The summed E-state index contributed by atoms with van der Waals surface area (Å²) in [5, 5.41) is 0. The highest BCUT2D eigenvalue weighted by Crippen LogP contribution is 2.50. The lowest BCUT2D eigenvalue weighted by molar-refractivity contribution is -0.164. The Balaban J connectivity index is 2.63. The van der Waals surface area contributed by atoms with Gasteiger partial charge in [0, 0.05) is 0 Å². The number of allylic oxidation sites excluding steroid dienone is 1. The van der Waals surface area contributed by atoms with Crippen LogP contribution < -0.4 is 0 Å². The summed E-state index contributed by atoms with van der Waals surface area (Å²) in [6, 6.07) is 9.45. The fraction of sp³-hybridized carbons (Fsp3) is 0.375. The molecule has 0 bridgehead atoms. The first kappa shape index (κ1) is 14.3. The summed E-state index contributed by atoms with van der Waals surface area (Å²) in [5.41, 5.74) is 1.26. The number of ether oxygens (including phenoxy) is 2. The molecule has 1 aromatic rings. The number of rotatable bonds is 3. The minimum Gasteiger partial charge on any atom is -0.468 e. The summed E-state index contributed by atoms with van der Waals surface area (Å²) in [5.74, 6) is -1.11. The van der Waals surface area contributed by atoms with Gasteiger partial charge in [-0.2, -0.15) is 0 Å². The highest BCUT2D eigenvalue weighted by atomic mass is 16.5. The van der Waals surface area contributed by atoms with Crippen LogP contribution in [0.3, 0.4) is 0 Å². The van der Waals surface area contributed by atoms with Gasteiger partial charge in [0.15, 0.2) is 5.41 Å². The summed E-state index contributed by atoms with van der Waals surface area (Å²) in [4.78, 5) is 24.6. The molecule has 4 heteroatoms. The Labute approximate surface area is 118 Å². The molecule has 0 aromatic heterocycles. The quantitative estimate of drug-likeness (QED) is 0.628. The van der Waals surface area contributed by atoms with E-state index in [-0.39, 0.29) is 0 Å². The van der Waals surface area contributed by atoms with Gasteiger partial charge in [0.2, 0.25) is 0 Å². The molecule has 0 saturated heterocycles. The molecule has 0 heterocycles. The average Bonchev–Trinajstić information content (AvgIpc) is 2.85. The molecule has 106 valence electrons. The standard InChI is InChI=1S/C16H18O4/c1-11-9-10-16(14(17)19-2,15(18)20-3)13(11)12-7-5-4-6-8-12/h4-8H,9-10H2,1-3H3. The lowest BCUT2D eigenvalue weighted by Gasteiger charge is -2.27. The van der Waals surface area contributed by atoms with E-state index in [9.17, 15) is 9.59 Å². The van der Waals surface area contributed by atoms with Crippen LogP contribution in [0.1, 0.15) is 25.3 Å². The predicted octanol–water partition coefficient (Wildman–Crippen LogP) is 2.59. The monoisotopic (exact) mass is 274 g/mol. The number of methoxy groups -OCH3 is 2. The molecule has 0 unspecified atom stereocenters. The van der Waals surface area contributed by atoms with Crippen molar-refractivity contribution in [1.82, 2.24) is 0 Å².